The van der Waals surface area contributed by atoms with E-state index in [-0.39, 0.29) is 11.3 Å². The lowest BCUT2D eigenvalue weighted by atomic mass is 10.0. The van der Waals surface area contributed by atoms with Crippen LogP contribution in [-0.4, -0.2) is 28.7 Å². The molecule has 0 unspecified atom stereocenters. The number of nitrogens with one attached hydrogen (secondary N) is 2. The van der Waals surface area contributed by atoms with Crippen molar-refractivity contribution in [2.75, 3.05) is 5.32 Å². The average molecular weight is 491 g/mol. The van der Waals surface area contributed by atoms with Crippen molar-refractivity contribution in [1.29, 1.82) is 0 Å². The second-order valence-corrected chi connectivity index (χ2v) is 17.2. The molecule has 0 saturated heterocycles. The largest absolute Gasteiger partial charge is 0.444 e. The summed E-state index contributed by atoms with van der Waals surface area (Å²) < 4.78 is 60.8. The molecular formula is C22H33F3N2O3SSi. The molecule has 180 valence electrons. The maximum Gasteiger partial charge on any atom is 0.416 e. The Morgan fingerprint density at radius 3 is 2.06 bits per heavy atom. The maximum absolute atomic E-state index is 13.6. The number of anilines is 1. The molecule has 32 heavy (non-hydrogen) atoms. The SMILES string of the molecule is CC(C)(C)OC(=O)Nc1cc([C@@H](C#C[Si](C)(C)C)N[S@@](=O)C(C)(C)C)cc(C(F)(F)F)c1. The highest BCUT2D eigenvalue weighted by atomic mass is 32.2. The third-order valence-electron chi connectivity index (χ3n) is 3.63. The summed E-state index contributed by atoms with van der Waals surface area (Å²) in [4.78, 5) is 12.1. The van der Waals surface area contributed by atoms with Gasteiger partial charge in [-0.1, -0.05) is 25.6 Å². The van der Waals surface area contributed by atoms with Crippen molar-refractivity contribution in [3.8, 4) is 11.5 Å². The minimum absolute atomic E-state index is 0.0905. The summed E-state index contributed by atoms with van der Waals surface area (Å²) in [6.45, 7) is 16.2. The molecule has 0 heterocycles. The van der Waals surface area contributed by atoms with Gasteiger partial charge >= 0.3 is 12.3 Å². The Hall–Kier alpha value is -1.83. The van der Waals surface area contributed by atoms with E-state index in [0.29, 0.717) is 0 Å². The third-order valence-corrected chi connectivity index (χ3v) is 6.09. The number of halogens is 3. The van der Waals surface area contributed by atoms with Gasteiger partial charge in [-0.25, -0.2) is 13.7 Å². The molecule has 1 aromatic rings. The number of alkyl halides is 3. The van der Waals surface area contributed by atoms with Gasteiger partial charge in [0.2, 0.25) is 0 Å². The topological polar surface area (TPSA) is 67.4 Å². The monoisotopic (exact) mass is 490 g/mol. The number of carbonyl (C=O) groups is 1. The first kappa shape index (κ1) is 28.2. The molecule has 0 radical (unpaired) electrons. The molecule has 2 atom stereocenters. The summed E-state index contributed by atoms with van der Waals surface area (Å²) in [5.41, 5.74) is 1.41. The first-order valence-electron chi connectivity index (χ1n) is 10.1. The van der Waals surface area contributed by atoms with Crippen LogP contribution < -0.4 is 10.0 Å². The predicted molar refractivity (Wildman–Crippen MR) is 126 cm³/mol. The molecule has 5 nitrogen and oxygen atoms in total. The number of rotatable bonds is 4. The van der Waals surface area contributed by atoms with E-state index in [4.69, 9.17) is 4.74 Å². The lowest BCUT2D eigenvalue weighted by Crippen LogP contribution is -2.35. The second-order valence-electron chi connectivity index (χ2n) is 10.4. The van der Waals surface area contributed by atoms with E-state index in [1.54, 1.807) is 41.5 Å². The van der Waals surface area contributed by atoms with E-state index in [0.717, 1.165) is 12.1 Å². The number of carbonyl (C=O) groups excluding carboxylic acids is 1. The molecule has 1 amide bonds. The zero-order chi connectivity index (χ0) is 25.1. The standard InChI is InChI=1S/C22H33F3N2O3SSi/c1-20(2,3)30-19(28)26-17-13-15(12-16(14-17)22(23,24)25)18(10-11-32(7,8)9)27-31(29)21(4,5)6/h12-14,18,27H,1-9H3,(H,26,28)/t18-,31+/m1/s1. The number of amides is 1. The number of hydrogen-bond donors (Lipinski definition) is 2. The van der Waals surface area contributed by atoms with Crippen LogP contribution in [0.4, 0.5) is 23.7 Å². The summed E-state index contributed by atoms with van der Waals surface area (Å²) in [6.07, 6.45) is -5.53. The first-order valence-corrected chi connectivity index (χ1v) is 14.8. The zero-order valence-corrected chi connectivity index (χ0v) is 21.9. The molecule has 0 aliphatic heterocycles. The normalized spacial score (nSPS) is 14.8. The molecule has 10 heteroatoms. The molecule has 0 aliphatic carbocycles. The van der Waals surface area contributed by atoms with Crippen LogP contribution in [0, 0.1) is 11.5 Å². The van der Waals surface area contributed by atoms with Gasteiger partial charge in [-0.15, -0.1) is 5.54 Å². The van der Waals surface area contributed by atoms with Crippen LogP contribution in [0.5, 0.6) is 0 Å². The van der Waals surface area contributed by atoms with Crippen molar-refractivity contribution in [1.82, 2.24) is 4.72 Å². The molecule has 2 N–H and O–H groups in total. The minimum Gasteiger partial charge on any atom is -0.444 e. The summed E-state index contributed by atoms with van der Waals surface area (Å²) in [5.74, 6) is 2.97. The molecule has 0 saturated carbocycles. The second kappa shape index (κ2) is 9.97. The van der Waals surface area contributed by atoms with Gasteiger partial charge in [-0.2, -0.15) is 13.2 Å². The van der Waals surface area contributed by atoms with Crippen molar-refractivity contribution in [2.24, 2.45) is 0 Å². The van der Waals surface area contributed by atoms with E-state index in [1.165, 1.54) is 6.07 Å². The quantitative estimate of drug-likeness (QED) is 0.400. The minimum atomic E-state index is -4.65. The van der Waals surface area contributed by atoms with Gasteiger partial charge in [0.25, 0.3) is 0 Å². The Morgan fingerprint density at radius 2 is 1.62 bits per heavy atom. The Balaban J connectivity index is 3.53. The number of ether oxygens (including phenoxy) is 1. The van der Waals surface area contributed by atoms with Crippen LogP contribution in [0.25, 0.3) is 0 Å². The third kappa shape index (κ3) is 10.2. The molecule has 0 bridgehead atoms. The zero-order valence-electron chi connectivity index (χ0n) is 20.1. The van der Waals surface area contributed by atoms with Crippen molar-refractivity contribution in [3.63, 3.8) is 0 Å². The van der Waals surface area contributed by atoms with Gasteiger partial charge in [0.15, 0.2) is 0 Å². The van der Waals surface area contributed by atoms with Crippen molar-refractivity contribution in [3.05, 3.63) is 29.3 Å². The molecular weight excluding hydrogens is 457 g/mol. The summed E-state index contributed by atoms with van der Waals surface area (Å²) in [5, 5.41) is 2.36. The molecule has 1 rings (SSSR count). The fourth-order valence-electron chi connectivity index (χ4n) is 2.23. The molecule has 0 fully saturated rings. The van der Waals surface area contributed by atoms with E-state index in [9.17, 15) is 22.2 Å². The Bertz CT molecular complexity index is 918. The van der Waals surface area contributed by atoms with Crippen LogP contribution in [0.3, 0.4) is 0 Å². The lowest BCUT2D eigenvalue weighted by molar-refractivity contribution is -0.137. The van der Waals surface area contributed by atoms with Crippen molar-refractivity contribution < 1.29 is 26.9 Å². The van der Waals surface area contributed by atoms with Gasteiger partial charge in [0.1, 0.15) is 19.7 Å². The summed E-state index contributed by atoms with van der Waals surface area (Å²) in [7, 11) is -3.46. The maximum atomic E-state index is 13.6. The van der Waals surface area contributed by atoms with Crippen LogP contribution in [0.15, 0.2) is 18.2 Å². The smallest absolute Gasteiger partial charge is 0.416 e. The van der Waals surface area contributed by atoms with E-state index in [1.807, 2.05) is 19.6 Å². The Labute approximate surface area is 192 Å². The average Bonchev–Trinajstić information content (AvgIpc) is 2.53. The number of benzene rings is 1. The van der Waals surface area contributed by atoms with Crippen LogP contribution in [0.2, 0.25) is 19.6 Å². The van der Waals surface area contributed by atoms with Gasteiger partial charge < -0.3 is 4.74 Å². The van der Waals surface area contributed by atoms with Gasteiger partial charge in [-0.05, 0) is 65.3 Å². The van der Waals surface area contributed by atoms with E-state index < -0.39 is 53.3 Å². The van der Waals surface area contributed by atoms with E-state index in [2.05, 4.69) is 21.5 Å². The van der Waals surface area contributed by atoms with Crippen LogP contribution in [-0.2, 0) is 21.9 Å². The van der Waals surface area contributed by atoms with Crippen LogP contribution in [0.1, 0.15) is 58.7 Å². The molecule has 1 aromatic carbocycles. The first-order chi connectivity index (χ1) is 14.2. The fourth-order valence-corrected chi connectivity index (χ4v) is 3.57. The van der Waals surface area contributed by atoms with E-state index >= 15 is 0 Å². The number of hydrogen-bond acceptors (Lipinski definition) is 3. The van der Waals surface area contributed by atoms with Gasteiger partial charge in [-0.3, -0.25) is 5.32 Å². The van der Waals surface area contributed by atoms with Crippen molar-refractivity contribution >= 4 is 30.8 Å². The van der Waals surface area contributed by atoms with Gasteiger partial charge in [0, 0.05) is 5.69 Å². The summed E-state index contributed by atoms with van der Waals surface area (Å²) >= 11 is 0. The Kier molecular flexibility index (Phi) is 8.79. The highest BCUT2D eigenvalue weighted by Gasteiger charge is 2.33. The molecule has 0 aromatic heterocycles. The fraction of sp³-hybridized carbons (Fsp3) is 0.591. The highest BCUT2D eigenvalue weighted by Crippen LogP contribution is 2.34. The lowest BCUT2D eigenvalue weighted by Gasteiger charge is -2.23. The molecule has 0 spiro atoms. The summed E-state index contributed by atoms with van der Waals surface area (Å²) in [6, 6.07) is 2.24. The van der Waals surface area contributed by atoms with Gasteiger partial charge in [0.05, 0.1) is 21.3 Å². The predicted octanol–water partition coefficient (Wildman–Crippen LogP) is 6.03. The highest BCUT2D eigenvalue weighted by molar-refractivity contribution is 7.84. The Morgan fingerprint density at radius 1 is 1.06 bits per heavy atom. The van der Waals surface area contributed by atoms with Crippen LogP contribution >= 0.6 is 0 Å². The van der Waals surface area contributed by atoms with Crippen molar-refractivity contribution in [2.45, 2.75) is 83.7 Å². The molecule has 0 aliphatic rings.